The van der Waals surface area contributed by atoms with Gasteiger partial charge in [0.1, 0.15) is 16.7 Å². The van der Waals surface area contributed by atoms with E-state index in [9.17, 15) is 13.0 Å². The molecule has 65 heavy (non-hydrogen) atoms. The number of benzene rings is 4. The molecule has 350 valence electrons. The standard InChI is InChI=1S/C59H80N2O3S/c1-5-9-13-15-17-19-21-23-27-49-31-39-53(40-32-49)60(47-11-7-3)55-43-35-51(36-44-55)59(57-29-25-26-30-58(57)65(62,63)64)52-37-45-56(46-38-52)61(48-12-8-4)54-41-33-50(34-42-54)28-24-22-20-18-16-14-10-6-2/h25-26,29-46H,5-24,27-28,47-48H2,1-4H3. The first kappa shape index (κ1) is 51.5. The van der Waals surface area contributed by atoms with Crippen molar-refractivity contribution < 1.29 is 17.5 Å². The van der Waals surface area contributed by atoms with E-state index in [1.807, 2.05) is 6.07 Å². The lowest BCUT2D eigenvalue weighted by Crippen LogP contribution is -2.18. The lowest BCUT2D eigenvalue weighted by molar-refractivity contribution is -0.439. The summed E-state index contributed by atoms with van der Waals surface area (Å²) in [6.45, 7) is 10.8. The SMILES string of the molecule is CCCCCCCCCCc1ccc(N(CCCC)c2ccc(C(=C3C=CC(=[N+](CCCC)c4ccc(CCCCCCCCCC)cc4)C=C3)c3ccccc3S(=O)(=O)[O-])cc2)cc1. The first-order chi connectivity index (χ1) is 31.8. The van der Waals surface area contributed by atoms with Crippen LogP contribution in [0.1, 0.15) is 178 Å². The Bertz CT molecular complexity index is 2210. The summed E-state index contributed by atoms with van der Waals surface area (Å²) in [4.78, 5) is 2.17. The fourth-order valence-electron chi connectivity index (χ4n) is 9.04. The molecule has 0 amide bonds. The van der Waals surface area contributed by atoms with Crippen LogP contribution in [0.25, 0.3) is 5.57 Å². The van der Waals surface area contributed by atoms with Gasteiger partial charge >= 0.3 is 0 Å². The maximum atomic E-state index is 12.8. The second-order valence-electron chi connectivity index (χ2n) is 18.2. The molecule has 0 radical (unpaired) electrons. The van der Waals surface area contributed by atoms with Crippen molar-refractivity contribution in [3.8, 4) is 0 Å². The molecule has 0 saturated carbocycles. The summed E-state index contributed by atoms with van der Waals surface area (Å²) >= 11 is 0. The van der Waals surface area contributed by atoms with Gasteiger partial charge in [-0.15, -0.1) is 0 Å². The van der Waals surface area contributed by atoms with Crippen LogP contribution >= 0.6 is 0 Å². The van der Waals surface area contributed by atoms with Crippen LogP contribution in [0.5, 0.6) is 0 Å². The van der Waals surface area contributed by atoms with Gasteiger partial charge in [0.25, 0.3) is 0 Å². The smallest absolute Gasteiger partial charge is 0.205 e. The van der Waals surface area contributed by atoms with Gasteiger partial charge in [0.2, 0.25) is 11.4 Å². The van der Waals surface area contributed by atoms with Crippen molar-refractivity contribution >= 4 is 38.5 Å². The summed E-state index contributed by atoms with van der Waals surface area (Å²) in [7, 11) is -4.75. The zero-order valence-electron chi connectivity index (χ0n) is 40.5. The van der Waals surface area contributed by atoms with E-state index < -0.39 is 10.1 Å². The van der Waals surface area contributed by atoms with Gasteiger partial charge in [-0.2, -0.15) is 4.58 Å². The van der Waals surface area contributed by atoms with Gasteiger partial charge in [0, 0.05) is 54.2 Å². The quantitative estimate of drug-likeness (QED) is 0.0297. The van der Waals surface area contributed by atoms with Crippen molar-refractivity contribution in [3.05, 3.63) is 149 Å². The fraction of sp³-hybridized carbons (Fsp3) is 0.475. The maximum absolute atomic E-state index is 12.8. The minimum atomic E-state index is -4.75. The Morgan fingerprint density at radius 2 is 0.969 bits per heavy atom. The number of hydrogen-bond acceptors (Lipinski definition) is 4. The monoisotopic (exact) mass is 897 g/mol. The van der Waals surface area contributed by atoms with Crippen molar-refractivity contribution in [2.24, 2.45) is 0 Å². The van der Waals surface area contributed by atoms with Crippen molar-refractivity contribution in [2.45, 2.75) is 174 Å². The van der Waals surface area contributed by atoms with Crippen molar-refractivity contribution in [3.63, 3.8) is 0 Å². The number of anilines is 2. The second-order valence-corrected chi connectivity index (χ2v) is 19.6. The third-order valence-corrected chi connectivity index (χ3v) is 13.9. The average molecular weight is 897 g/mol. The molecule has 0 unspecified atom stereocenters. The summed E-state index contributed by atoms with van der Waals surface area (Å²) in [5.74, 6) is 0. The van der Waals surface area contributed by atoms with E-state index in [1.54, 1.807) is 12.1 Å². The fourth-order valence-corrected chi connectivity index (χ4v) is 9.73. The van der Waals surface area contributed by atoms with Crippen LogP contribution in [-0.2, 0) is 23.0 Å². The zero-order valence-corrected chi connectivity index (χ0v) is 41.4. The second kappa shape index (κ2) is 28.5. The van der Waals surface area contributed by atoms with Gasteiger partial charge < -0.3 is 9.45 Å². The summed E-state index contributed by atoms with van der Waals surface area (Å²) in [5.41, 5.74) is 10.1. The molecule has 0 atom stereocenters. The van der Waals surface area contributed by atoms with Crippen molar-refractivity contribution in [2.75, 3.05) is 18.0 Å². The first-order valence-electron chi connectivity index (χ1n) is 25.6. The molecule has 0 saturated heterocycles. The van der Waals surface area contributed by atoms with Gasteiger partial charge in [0.15, 0.2) is 0 Å². The van der Waals surface area contributed by atoms with E-state index in [1.165, 1.54) is 131 Å². The molecule has 5 rings (SSSR count). The number of nitrogens with zero attached hydrogens (tertiary/aromatic N) is 2. The highest BCUT2D eigenvalue weighted by Crippen LogP contribution is 2.36. The molecule has 4 aromatic rings. The van der Waals surface area contributed by atoms with Crippen LogP contribution in [0.2, 0.25) is 0 Å². The molecule has 1 aliphatic carbocycles. The number of hydrogen-bond donors (Lipinski definition) is 0. The Morgan fingerprint density at radius 1 is 0.508 bits per heavy atom. The Hall–Kier alpha value is -4.52. The molecule has 0 aliphatic heterocycles. The van der Waals surface area contributed by atoms with E-state index in [0.717, 1.165) is 74.2 Å². The predicted octanol–water partition coefficient (Wildman–Crippen LogP) is 16.4. The minimum absolute atomic E-state index is 0.212. The lowest BCUT2D eigenvalue weighted by atomic mass is 9.90. The Balaban J connectivity index is 1.39. The normalized spacial score (nSPS) is 12.6. The molecule has 0 heterocycles. The largest absolute Gasteiger partial charge is 0.744 e. The number of allylic oxidation sites excluding steroid dienone is 5. The van der Waals surface area contributed by atoms with Crippen LogP contribution in [-0.4, -0.2) is 36.3 Å². The zero-order chi connectivity index (χ0) is 46.1. The van der Waals surface area contributed by atoms with E-state index in [-0.39, 0.29) is 4.90 Å². The van der Waals surface area contributed by atoms with Crippen molar-refractivity contribution in [1.29, 1.82) is 0 Å². The molecule has 5 nitrogen and oxygen atoms in total. The Labute approximate surface area is 395 Å². The molecule has 0 bridgehead atoms. The molecule has 0 N–H and O–H groups in total. The highest BCUT2D eigenvalue weighted by atomic mass is 32.2. The molecule has 0 spiro atoms. The molecule has 0 fully saturated rings. The maximum Gasteiger partial charge on any atom is 0.205 e. The third-order valence-electron chi connectivity index (χ3n) is 13.0. The molecule has 4 aromatic carbocycles. The summed E-state index contributed by atoms with van der Waals surface area (Å²) < 4.78 is 40.6. The van der Waals surface area contributed by atoms with E-state index in [4.69, 9.17) is 0 Å². The lowest BCUT2D eigenvalue weighted by Gasteiger charge is -2.26. The third kappa shape index (κ3) is 16.7. The number of aryl methyl sites for hydroxylation is 2. The predicted molar refractivity (Wildman–Crippen MR) is 277 cm³/mol. The van der Waals surface area contributed by atoms with E-state index in [2.05, 4.69) is 134 Å². The summed E-state index contributed by atoms with van der Waals surface area (Å²) in [6.07, 6.45) is 36.1. The molecule has 6 heteroatoms. The van der Waals surface area contributed by atoms with Crippen LogP contribution in [0.3, 0.4) is 0 Å². The van der Waals surface area contributed by atoms with Gasteiger partial charge in [-0.1, -0.05) is 185 Å². The summed E-state index contributed by atoms with van der Waals surface area (Å²) in [5, 5.41) is 0. The summed E-state index contributed by atoms with van der Waals surface area (Å²) in [6, 6.07) is 33.2. The molecule has 1 aliphatic rings. The highest BCUT2D eigenvalue weighted by molar-refractivity contribution is 7.85. The molecular formula is C59H80N2O3S. The van der Waals surface area contributed by atoms with Crippen LogP contribution in [0.15, 0.2) is 132 Å². The molecular weight excluding hydrogens is 817 g/mol. The van der Waals surface area contributed by atoms with Crippen molar-refractivity contribution in [1.82, 2.24) is 0 Å². The van der Waals surface area contributed by atoms with Gasteiger partial charge in [-0.3, -0.25) is 0 Å². The van der Waals surface area contributed by atoms with Gasteiger partial charge in [-0.25, -0.2) is 8.42 Å². The first-order valence-corrected chi connectivity index (χ1v) is 27.0. The molecule has 0 aromatic heterocycles. The van der Waals surface area contributed by atoms with Crippen LogP contribution < -0.4 is 4.90 Å². The highest BCUT2D eigenvalue weighted by Gasteiger charge is 2.21. The Morgan fingerprint density at radius 3 is 1.48 bits per heavy atom. The van der Waals surface area contributed by atoms with Crippen LogP contribution in [0.4, 0.5) is 17.1 Å². The van der Waals surface area contributed by atoms with E-state index >= 15 is 0 Å². The minimum Gasteiger partial charge on any atom is -0.744 e. The topological polar surface area (TPSA) is 63.5 Å². The number of rotatable bonds is 30. The van der Waals surface area contributed by atoms with Crippen LogP contribution in [0, 0.1) is 0 Å². The Kier molecular flexibility index (Phi) is 22.6. The number of unbranched alkanes of at least 4 members (excludes halogenated alkanes) is 16. The van der Waals surface area contributed by atoms with Gasteiger partial charge in [-0.05, 0) is 102 Å². The van der Waals surface area contributed by atoms with Gasteiger partial charge in [0.05, 0.1) is 4.90 Å². The van der Waals surface area contributed by atoms with E-state index in [0.29, 0.717) is 11.1 Å². The average Bonchev–Trinajstić information content (AvgIpc) is 3.32.